The van der Waals surface area contributed by atoms with Gasteiger partial charge in [0.2, 0.25) is 0 Å². The topological polar surface area (TPSA) is 72.9 Å². The third-order valence-electron chi connectivity index (χ3n) is 2.09. The molecule has 5 nitrogen and oxygen atoms in total. The van der Waals surface area contributed by atoms with Crippen molar-refractivity contribution in [3.8, 4) is 0 Å². The smallest absolute Gasteiger partial charge is 0.255 e. The fourth-order valence-electron chi connectivity index (χ4n) is 1.29. The third kappa shape index (κ3) is 2.32. The molecular formula is C9H16N4O. The van der Waals surface area contributed by atoms with E-state index in [2.05, 4.69) is 10.5 Å². The number of carbonyl (C=O) groups is 1. The van der Waals surface area contributed by atoms with Crippen LogP contribution < -0.4 is 11.3 Å². The van der Waals surface area contributed by atoms with Crippen LogP contribution in [-0.4, -0.2) is 15.7 Å². The Bertz CT molecular complexity index is 319. The fourth-order valence-corrected chi connectivity index (χ4v) is 1.29. The van der Waals surface area contributed by atoms with Crippen molar-refractivity contribution in [2.24, 2.45) is 5.84 Å². The van der Waals surface area contributed by atoms with Gasteiger partial charge in [0.1, 0.15) is 6.54 Å². The van der Waals surface area contributed by atoms with Gasteiger partial charge in [0.25, 0.3) is 5.91 Å². The lowest BCUT2D eigenvalue weighted by Gasteiger charge is -2.03. The lowest BCUT2D eigenvalue weighted by Crippen LogP contribution is -2.33. The van der Waals surface area contributed by atoms with Crippen LogP contribution in [-0.2, 0) is 24.2 Å². The van der Waals surface area contributed by atoms with Gasteiger partial charge in [-0.2, -0.15) is 5.10 Å². The molecule has 0 radical (unpaired) electrons. The van der Waals surface area contributed by atoms with Crippen LogP contribution in [0.3, 0.4) is 0 Å². The van der Waals surface area contributed by atoms with Crippen molar-refractivity contribution in [2.75, 3.05) is 0 Å². The molecule has 0 aliphatic rings. The minimum atomic E-state index is -0.231. The first-order valence-corrected chi connectivity index (χ1v) is 4.76. The number of rotatable bonds is 4. The second-order valence-corrected chi connectivity index (χ2v) is 3.06. The number of aryl methyl sites for hydroxylation is 2. The first-order chi connectivity index (χ1) is 6.71. The summed E-state index contributed by atoms with van der Waals surface area (Å²) in [7, 11) is 0. The van der Waals surface area contributed by atoms with E-state index in [0.29, 0.717) is 0 Å². The predicted octanol–water partition coefficient (Wildman–Crippen LogP) is -0.00220. The van der Waals surface area contributed by atoms with Crippen LogP contribution in [0.2, 0.25) is 0 Å². The summed E-state index contributed by atoms with van der Waals surface area (Å²) < 4.78 is 1.70. The summed E-state index contributed by atoms with van der Waals surface area (Å²) in [6, 6.07) is 2.02. The summed E-state index contributed by atoms with van der Waals surface area (Å²) >= 11 is 0. The van der Waals surface area contributed by atoms with Gasteiger partial charge in [0, 0.05) is 5.69 Å². The number of nitrogens with one attached hydrogen (secondary N) is 1. The summed E-state index contributed by atoms with van der Waals surface area (Å²) in [5.41, 5.74) is 4.16. The molecule has 0 spiro atoms. The van der Waals surface area contributed by atoms with Crippen molar-refractivity contribution in [2.45, 2.75) is 33.2 Å². The van der Waals surface area contributed by atoms with Crippen molar-refractivity contribution in [3.05, 3.63) is 17.5 Å². The van der Waals surface area contributed by atoms with Crippen LogP contribution >= 0.6 is 0 Å². The number of carbonyl (C=O) groups excluding carboxylic acids is 1. The van der Waals surface area contributed by atoms with Gasteiger partial charge in [-0.25, -0.2) is 5.84 Å². The van der Waals surface area contributed by atoms with E-state index in [1.54, 1.807) is 4.68 Å². The van der Waals surface area contributed by atoms with Gasteiger partial charge < -0.3 is 0 Å². The Balaban J connectivity index is 2.83. The largest absolute Gasteiger partial charge is 0.293 e. The summed E-state index contributed by atoms with van der Waals surface area (Å²) in [6.07, 6.45) is 1.75. The average molecular weight is 196 g/mol. The first-order valence-electron chi connectivity index (χ1n) is 4.76. The molecule has 78 valence electrons. The molecule has 0 bridgehead atoms. The molecule has 0 saturated carbocycles. The first kappa shape index (κ1) is 10.7. The molecule has 0 aliphatic heterocycles. The summed E-state index contributed by atoms with van der Waals surface area (Å²) in [5, 5.41) is 4.29. The van der Waals surface area contributed by atoms with Gasteiger partial charge >= 0.3 is 0 Å². The number of aromatic nitrogens is 2. The molecule has 1 aromatic heterocycles. The molecule has 1 amide bonds. The van der Waals surface area contributed by atoms with E-state index >= 15 is 0 Å². The predicted molar refractivity (Wildman–Crippen MR) is 53.3 cm³/mol. The Hall–Kier alpha value is -1.36. The van der Waals surface area contributed by atoms with Crippen LogP contribution in [0.25, 0.3) is 0 Å². The van der Waals surface area contributed by atoms with E-state index in [9.17, 15) is 4.79 Å². The zero-order chi connectivity index (χ0) is 10.6. The quantitative estimate of drug-likeness (QED) is 0.404. The molecule has 14 heavy (non-hydrogen) atoms. The van der Waals surface area contributed by atoms with Crippen molar-refractivity contribution in [1.29, 1.82) is 0 Å². The highest BCUT2D eigenvalue weighted by molar-refractivity contribution is 5.74. The summed E-state index contributed by atoms with van der Waals surface area (Å²) in [6.45, 7) is 4.27. The third-order valence-corrected chi connectivity index (χ3v) is 2.09. The molecule has 0 saturated heterocycles. The lowest BCUT2D eigenvalue weighted by atomic mass is 10.2. The molecular weight excluding hydrogens is 180 g/mol. The maximum Gasteiger partial charge on any atom is 0.255 e. The molecule has 1 heterocycles. The van der Waals surface area contributed by atoms with E-state index in [0.717, 1.165) is 24.2 Å². The molecule has 0 aliphatic carbocycles. The van der Waals surface area contributed by atoms with Crippen LogP contribution in [0.15, 0.2) is 6.07 Å². The molecule has 0 aromatic carbocycles. The zero-order valence-electron chi connectivity index (χ0n) is 8.58. The van der Waals surface area contributed by atoms with Crippen LogP contribution in [0.1, 0.15) is 25.2 Å². The number of hydrogen-bond donors (Lipinski definition) is 2. The Kier molecular flexibility index (Phi) is 3.64. The number of nitrogens with two attached hydrogens (primary N) is 1. The van der Waals surface area contributed by atoms with Gasteiger partial charge in [-0.3, -0.25) is 14.9 Å². The van der Waals surface area contributed by atoms with E-state index in [-0.39, 0.29) is 12.5 Å². The Morgan fingerprint density at radius 2 is 2.29 bits per heavy atom. The second-order valence-electron chi connectivity index (χ2n) is 3.06. The maximum absolute atomic E-state index is 11.1. The molecule has 0 fully saturated rings. The van der Waals surface area contributed by atoms with Gasteiger partial charge in [-0.1, -0.05) is 13.8 Å². The molecule has 5 heteroatoms. The molecule has 0 atom stereocenters. The van der Waals surface area contributed by atoms with Gasteiger partial charge in [0.15, 0.2) is 0 Å². The summed E-state index contributed by atoms with van der Waals surface area (Å²) in [4.78, 5) is 11.1. The highest BCUT2D eigenvalue weighted by Crippen LogP contribution is 2.05. The highest BCUT2D eigenvalue weighted by atomic mass is 16.2. The van der Waals surface area contributed by atoms with Crippen LogP contribution in [0, 0.1) is 0 Å². The van der Waals surface area contributed by atoms with E-state index < -0.39 is 0 Å². The fraction of sp³-hybridized carbons (Fsp3) is 0.556. The minimum absolute atomic E-state index is 0.194. The van der Waals surface area contributed by atoms with E-state index in [1.165, 1.54) is 0 Å². The van der Waals surface area contributed by atoms with E-state index in [4.69, 9.17) is 5.84 Å². The minimum Gasteiger partial charge on any atom is -0.293 e. The monoisotopic (exact) mass is 196 g/mol. The number of hydrogen-bond acceptors (Lipinski definition) is 3. The lowest BCUT2D eigenvalue weighted by molar-refractivity contribution is -0.121. The standard InChI is InChI=1S/C9H16N4O/c1-3-7-5-8(4-2)13(12-7)6-9(14)11-10/h5H,3-4,6,10H2,1-2H3,(H,11,14). The highest BCUT2D eigenvalue weighted by Gasteiger charge is 2.07. The normalized spacial score (nSPS) is 10.2. The zero-order valence-corrected chi connectivity index (χ0v) is 8.58. The molecule has 1 rings (SSSR count). The van der Waals surface area contributed by atoms with Crippen molar-refractivity contribution < 1.29 is 4.79 Å². The van der Waals surface area contributed by atoms with Crippen molar-refractivity contribution >= 4 is 5.91 Å². The molecule has 3 N–H and O–H groups in total. The molecule has 1 aromatic rings. The average Bonchev–Trinajstić information content (AvgIpc) is 2.60. The summed E-state index contributed by atoms with van der Waals surface area (Å²) in [5.74, 6) is 4.78. The SMILES string of the molecule is CCc1cc(CC)n(CC(=O)NN)n1. The second kappa shape index (κ2) is 4.76. The van der Waals surface area contributed by atoms with Crippen molar-refractivity contribution in [1.82, 2.24) is 15.2 Å². The van der Waals surface area contributed by atoms with E-state index in [1.807, 2.05) is 19.9 Å². The number of hydrazine groups is 1. The van der Waals surface area contributed by atoms with Gasteiger partial charge in [-0.05, 0) is 18.9 Å². The maximum atomic E-state index is 11.1. The number of nitrogens with zero attached hydrogens (tertiary/aromatic N) is 2. The Morgan fingerprint density at radius 3 is 2.79 bits per heavy atom. The van der Waals surface area contributed by atoms with Crippen molar-refractivity contribution in [3.63, 3.8) is 0 Å². The van der Waals surface area contributed by atoms with Gasteiger partial charge in [-0.15, -0.1) is 0 Å². The Morgan fingerprint density at radius 1 is 1.57 bits per heavy atom. The number of amides is 1. The van der Waals surface area contributed by atoms with Crippen LogP contribution in [0.5, 0.6) is 0 Å². The van der Waals surface area contributed by atoms with Gasteiger partial charge in [0.05, 0.1) is 5.69 Å². The van der Waals surface area contributed by atoms with Crippen LogP contribution in [0.4, 0.5) is 0 Å². The Labute approximate surface area is 83.2 Å². The molecule has 0 unspecified atom stereocenters.